The Hall–Kier alpha value is -3.47. The molecular formula is C29H34N2O3. The molecule has 1 fully saturated rings. The molecule has 0 spiro atoms. The highest BCUT2D eigenvalue weighted by molar-refractivity contribution is 5.89. The van der Waals surface area contributed by atoms with Crippen LogP contribution in [-0.4, -0.2) is 30.7 Å². The fourth-order valence-electron chi connectivity index (χ4n) is 4.74. The van der Waals surface area contributed by atoms with Crippen LogP contribution >= 0.6 is 0 Å². The summed E-state index contributed by atoms with van der Waals surface area (Å²) in [7, 11) is 1.66. The van der Waals surface area contributed by atoms with Gasteiger partial charge in [-0.25, -0.2) is 4.79 Å². The molecule has 0 unspecified atom stereocenters. The summed E-state index contributed by atoms with van der Waals surface area (Å²) in [4.78, 5) is 15.5. The maximum absolute atomic E-state index is 13.5. The average molecular weight is 459 g/mol. The zero-order valence-electron chi connectivity index (χ0n) is 20.1. The second kappa shape index (κ2) is 11.6. The van der Waals surface area contributed by atoms with E-state index in [1.165, 1.54) is 5.56 Å². The first-order chi connectivity index (χ1) is 16.7. The maximum Gasteiger partial charge on any atom is 0.322 e. The third kappa shape index (κ3) is 6.10. The molecule has 34 heavy (non-hydrogen) atoms. The molecule has 1 aliphatic rings. The number of ether oxygens (including phenoxy) is 2. The van der Waals surface area contributed by atoms with Gasteiger partial charge in [-0.15, -0.1) is 0 Å². The van der Waals surface area contributed by atoms with Gasteiger partial charge in [0.25, 0.3) is 0 Å². The van der Waals surface area contributed by atoms with E-state index in [1.54, 1.807) is 7.11 Å². The molecule has 5 nitrogen and oxygen atoms in total. The van der Waals surface area contributed by atoms with Crippen molar-refractivity contribution in [2.45, 2.75) is 51.1 Å². The molecule has 5 heteroatoms. The van der Waals surface area contributed by atoms with Crippen LogP contribution in [0.3, 0.4) is 0 Å². The molecule has 0 bridgehead atoms. The van der Waals surface area contributed by atoms with E-state index in [4.69, 9.17) is 9.47 Å². The number of rotatable bonds is 8. The first kappa shape index (κ1) is 23.7. The van der Waals surface area contributed by atoms with Crippen LogP contribution in [0.2, 0.25) is 0 Å². The van der Waals surface area contributed by atoms with Crippen LogP contribution in [0.1, 0.15) is 49.7 Å². The van der Waals surface area contributed by atoms with Crippen molar-refractivity contribution >= 4 is 11.7 Å². The number of benzene rings is 3. The Morgan fingerprint density at radius 2 is 1.53 bits per heavy atom. The number of hydrogen-bond acceptors (Lipinski definition) is 3. The maximum atomic E-state index is 13.5. The monoisotopic (exact) mass is 458 g/mol. The van der Waals surface area contributed by atoms with E-state index in [-0.39, 0.29) is 12.1 Å². The van der Waals surface area contributed by atoms with Crippen molar-refractivity contribution in [1.82, 2.24) is 4.90 Å². The van der Waals surface area contributed by atoms with Crippen molar-refractivity contribution in [3.05, 3.63) is 90.0 Å². The third-order valence-corrected chi connectivity index (χ3v) is 6.60. The lowest BCUT2D eigenvalue weighted by Gasteiger charge is -2.37. The number of carbonyl (C=O) groups is 1. The van der Waals surface area contributed by atoms with E-state index in [2.05, 4.69) is 35.6 Å². The van der Waals surface area contributed by atoms with E-state index in [9.17, 15) is 4.79 Å². The number of methoxy groups -OCH3 is 1. The van der Waals surface area contributed by atoms with Crippen molar-refractivity contribution in [3.63, 3.8) is 0 Å². The number of anilines is 1. The highest BCUT2D eigenvalue weighted by Gasteiger charge is 2.29. The van der Waals surface area contributed by atoms with Crippen molar-refractivity contribution in [2.24, 2.45) is 0 Å². The zero-order chi connectivity index (χ0) is 23.8. The molecule has 4 rings (SSSR count). The van der Waals surface area contributed by atoms with Crippen molar-refractivity contribution in [1.29, 1.82) is 0 Å². The molecule has 0 saturated heterocycles. The Morgan fingerprint density at radius 1 is 0.882 bits per heavy atom. The van der Waals surface area contributed by atoms with Gasteiger partial charge >= 0.3 is 6.03 Å². The Morgan fingerprint density at radius 3 is 2.15 bits per heavy atom. The van der Waals surface area contributed by atoms with Gasteiger partial charge in [-0.1, -0.05) is 42.5 Å². The van der Waals surface area contributed by atoms with Crippen LogP contribution in [0.5, 0.6) is 11.5 Å². The SMILES string of the molecule is CCOc1ccc(NC(=O)N(Cc2ccc(OC)cc2)C2CCC(c3ccccc3)CC2)cc1. The molecule has 0 heterocycles. The Balaban J connectivity index is 1.47. The van der Waals surface area contributed by atoms with Gasteiger partial charge in [0.2, 0.25) is 0 Å². The van der Waals surface area contributed by atoms with Crippen LogP contribution in [-0.2, 0) is 6.54 Å². The van der Waals surface area contributed by atoms with E-state index in [0.717, 1.165) is 48.4 Å². The summed E-state index contributed by atoms with van der Waals surface area (Å²) in [6.45, 7) is 3.14. The van der Waals surface area contributed by atoms with Crippen molar-refractivity contribution in [2.75, 3.05) is 19.0 Å². The largest absolute Gasteiger partial charge is 0.497 e. The molecule has 178 valence electrons. The lowest BCUT2D eigenvalue weighted by molar-refractivity contribution is 0.158. The highest BCUT2D eigenvalue weighted by Crippen LogP contribution is 2.35. The summed E-state index contributed by atoms with van der Waals surface area (Å²) in [5.74, 6) is 2.18. The Kier molecular flexibility index (Phi) is 8.08. The highest BCUT2D eigenvalue weighted by atomic mass is 16.5. The van der Waals surface area contributed by atoms with E-state index in [1.807, 2.05) is 60.4 Å². The van der Waals surface area contributed by atoms with Gasteiger partial charge in [0.1, 0.15) is 11.5 Å². The summed E-state index contributed by atoms with van der Waals surface area (Å²) in [5, 5.41) is 3.10. The van der Waals surface area contributed by atoms with E-state index < -0.39 is 0 Å². The third-order valence-electron chi connectivity index (χ3n) is 6.60. The lowest BCUT2D eigenvalue weighted by atomic mass is 9.81. The normalized spacial score (nSPS) is 17.6. The molecule has 0 radical (unpaired) electrons. The molecular weight excluding hydrogens is 424 g/mol. The average Bonchev–Trinajstić information content (AvgIpc) is 2.89. The first-order valence-electron chi connectivity index (χ1n) is 12.1. The number of carbonyl (C=O) groups excluding carboxylic acids is 1. The summed E-state index contributed by atoms with van der Waals surface area (Å²) < 4.78 is 10.8. The molecule has 1 saturated carbocycles. The Bertz CT molecular complexity index is 1030. The van der Waals surface area contributed by atoms with Gasteiger partial charge < -0.3 is 19.7 Å². The molecule has 1 N–H and O–H groups in total. The Labute approximate surface area is 202 Å². The fourth-order valence-corrected chi connectivity index (χ4v) is 4.74. The number of nitrogens with one attached hydrogen (secondary N) is 1. The van der Waals surface area contributed by atoms with Crippen LogP contribution in [0.15, 0.2) is 78.9 Å². The topological polar surface area (TPSA) is 50.8 Å². The van der Waals surface area contributed by atoms with E-state index in [0.29, 0.717) is 19.1 Å². The lowest BCUT2D eigenvalue weighted by Crippen LogP contribution is -2.44. The van der Waals surface area contributed by atoms with Gasteiger partial charge in [-0.3, -0.25) is 0 Å². The van der Waals surface area contributed by atoms with Crippen LogP contribution in [0.25, 0.3) is 0 Å². The quantitative estimate of drug-likeness (QED) is 0.401. The summed E-state index contributed by atoms with van der Waals surface area (Å²) in [6, 6.07) is 26.4. The zero-order valence-corrected chi connectivity index (χ0v) is 20.1. The molecule has 1 aliphatic carbocycles. The summed E-state index contributed by atoms with van der Waals surface area (Å²) >= 11 is 0. The molecule has 0 aromatic heterocycles. The number of hydrogen-bond donors (Lipinski definition) is 1. The number of amides is 2. The van der Waals surface area contributed by atoms with Gasteiger partial charge in [0, 0.05) is 18.3 Å². The predicted molar refractivity (Wildman–Crippen MR) is 137 cm³/mol. The second-order valence-corrected chi connectivity index (χ2v) is 8.78. The van der Waals surface area contributed by atoms with Crippen LogP contribution in [0.4, 0.5) is 10.5 Å². The minimum atomic E-state index is -0.0665. The van der Waals surface area contributed by atoms with Crippen molar-refractivity contribution < 1.29 is 14.3 Å². The summed E-state index contributed by atoms with van der Waals surface area (Å²) in [5.41, 5.74) is 3.26. The second-order valence-electron chi connectivity index (χ2n) is 8.78. The molecule has 0 aliphatic heterocycles. The minimum Gasteiger partial charge on any atom is -0.497 e. The summed E-state index contributed by atoms with van der Waals surface area (Å²) in [6.07, 6.45) is 4.16. The molecule has 2 amide bonds. The van der Waals surface area contributed by atoms with Crippen LogP contribution in [0, 0.1) is 0 Å². The van der Waals surface area contributed by atoms with Gasteiger partial charge in [-0.2, -0.15) is 0 Å². The number of urea groups is 1. The number of nitrogens with zero attached hydrogens (tertiary/aromatic N) is 1. The first-order valence-corrected chi connectivity index (χ1v) is 12.1. The minimum absolute atomic E-state index is 0.0665. The predicted octanol–water partition coefficient (Wildman–Crippen LogP) is 6.85. The van der Waals surface area contributed by atoms with Gasteiger partial charge in [0.05, 0.1) is 13.7 Å². The molecule has 3 aromatic rings. The van der Waals surface area contributed by atoms with Crippen molar-refractivity contribution in [3.8, 4) is 11.5 Å². The van der Waals surface area contributed by atoms with E-state index >= 15 is 0 Å². The molecule has 3 aromatic carbocycles. The van der Waals surface area contributed by atoms with Gasteiger partial charge in [0.15, 0.2) is 0 Å². The standard InChI is InChI=1S/C29H34N2O3/c1-3-34-28-19-13-25(14-20-28)30-29(32)31(21-22-9-17-27(33-2)18-10-22)26-15-11-24(12-16-26)23-7-5-4-6-8-23/h4-10,13-14,17-20,24,26H,3,11-12,15-16,21H2,1-2H3,(H,30,32). The fraction of sp³-hybridized carbons (Fsp3) is 0.345. The molecule has 0 atom stereocenters. The van der Waals surface area contributed by atoms with Gasteiger partial charge in [-0.05, 0) is 86.1 Å². The smallest absolute Gasteiger partial charge is 0.322 e. The van der Waals surface area contributed by atoms with Crippen LogP contribution < -0.4 is 14.8 Å².